The lowest BCUT2D eigenvalue weighted by atomic mass is 10.0. The molecule has 5 nitrogen and oxygen atoms in total. The number of hydrogen-bond donors (Lipinski definition) is 1. The van der Waals surface area contributed by atoms with Crippen LogP contribution in [-0.4, -0.2) is 27.5 Å². The smallest absolute Gasteiger partial charge is 0.297 e. The monoisotopic (exact) mass is 361 g/mol. The van der Waals surface area contributed by atoms with Gasteiger partial charge in [0.2, 0.25) is 0 Å². The fourth-order valence-corrected chi connectivity index (χ4v) is 3.98. The molecule has 3 rings (SSSR count). The molecule has 2 aromatic rings. The van der Waals surface area contributed by atoms with Crippen molar-refractivity contribution in [3.63, 3.8) is 0 Å². The summed E-state index contributed by atoms with van der Waals surface area (Å²) < 4.78 is 1.37. The van der Waals surface area contributed by atoms with Crippen molar-refractivity contribution in [3.8, 4) is 0 Å². The van der Waals surface area contributed by atoms with Crippen LogP contribution in [0.4, 0.5) is 0 Å². The summed E-state index contributed by atoms with van der Waals surface area (Å²) in [6.07, 6.45) is 1.79. The van der Waals surface area contributed by atoms with Gasteiger partial charge in [0, 0.05) is 13.1 Å². The molecule has 0 aliphatic carbocycles. The van der Waals surface area contributed by atoms with Gasteiger partial charge < -0.3 is 0 Å². The van der Waals surface area contributed by atoms with Crippen LogP contribution < -0.4 is 11.2 Å². The Bertz CT molecular complexity index is 842. The minimum atomic E-state index is -0.411. The first-order chi connectivity index (χ1) is 12.0. The molecule has 0 amide bonds. The number of piperidine rings is 1. The molecule has 1 N–H and O–H groups in total. The topological polar surface area (TPSA) is 58.1 Å². The Balaban J connectivity index is 1.88. The van der Waals surface area contributed by atoms with Crippen LogP contribution in [0.15, 0.2) is 39.9 Å². The molecule has 0 bridgehead atoms. The lowest BCUT2D eigenvalue weighted by Gasteiger charge is -2.33. The van der Waals surface area contributed by atoms with E-state index in [9.17, 15) is 9.59 Å². The van der Waals surface area contributed by atoms with Gasteiger partial charge in [0.1, 0.15) is 5.15 Å². The summed E-state index contributed by atoms with van der Waals surface area (Å²) in [6.45, 7) is 6.32. The highest BCUT2D eigenvalue weighted by Crippen LogP contribution is 2.22. The van der Waals surface area contributed by atoms with Gasteiger partial charge in [-0.05, 0) is 30.9 Å². The summed E-state index contributed by atoms with van der Waals surface area (Å²) in [5.41, 5.74) is 1.06. The summed E-state index contributed by atoms with van der Waals surface area (Å²) in [6, 6.07) is 10.1. The van der Waals surface area contributed by atoms with Gasteiger partial charge >= 0.3 is 5.69 Å². The second-order valence-corrected chi connectivity index (χ2v) is 7.38. The Morgan fingerprint density at radius 2 is 1.96 bits per heavy atom. The van der Waals surface area contributed by atoms with Gasteiger partial charge in [-0.3, -0.25) is 19.2 Å². The van der Waals surface area contributed by atoms with Crippen molar-refractivity contribution in [3.05, 3.63) is 67.4 Å². The molecule has 6 heteroatoms. The molecule has 1 aliphatic heterocycles. The molecular formula is C19H24ClN3O2. The fraction of sp³-hybridized carbons (Fsp3) is 0.474. The first-order valence-corrected chi connectivity index (χ1v) is 9.15. The van der Waals surface area contributed by atoms with Crippen LogP contribution in [0, 0.1) is 0 Å². The average Bonchev–Trinajstić information content (AvgIpc) is 2.55. The van der Waals surface area contributed by atoms with E-state index in [-0.39, 0.29) is 22.7 Å². The summed E-state index contributed by atoms with van der Waals surface area (Å²) in [7, 11) is 0. The standard InChI is InChI=1S/C19H24ClN3O2/c1-13(2)16-17(20)21-19(25)23(18(16)24)15-9-6-10-22(12-15)11-14-7-4-3-5-8-14/h3-5,7-8,13,15H,6,9-12H2,1-2H3,(H,21,25). The van der Waals surface area contributed by atoms with Crippen molar-refractivity contribution in [1.29, 1.82) is 0 Å². The second kappa shape index (κ2) is 7.58. The summed E-state index contributed by atoms with van der Waals surface area (Å²) in [5.74, 6) is -0.0351. The number of likely N-dealkylation sites (tertiary alicyclic amines) is 1. The van der Waals surface area contributed by atoms with Crippen LogP contribution in [-0.2, 0) is 6.54 Å². The van der Waals surface area contributed by atoms with Gasteiger partial charge in [0.05, 0.1) is 11.6 Å². The maximum Gasteiger partial charge on any atom is 0.329 e. The summed E-state index contributed by atoms with van der Waals surface area (Å²) in [5, 5.41) is 0.165. The molecule has 0 saturated carbocycles. The predicted molar refractivity (Wildman–Crippen MR) is 100 cm³/mol. The number of benzene rings is 1. The third-order valence-electron chi connectivity index (χ3n) is 4.79. The van der Waals surface area contributed by atoms with E-state index >= 15 is 0 Å². The molecule has 1 aromatic heterocycles. The SMILES string of the molecule is CC(C)c1c(Cl)[nH]c(=O)n(C2CCCN(Cc3ccccc3)C2)c1=O. The van der Waals surface area contributed by atoms with Gasteiger partial charge in [0.15, 0.2) is 0 Å². The van der Waals surface area contributed by atoms with Crippen molar-refractivity contribution in [2.45, 2.75) is 45.2 Å². The maximum atomic E-state index is 12.9. The minimum absolute atomic E-state index is 0.0351. The Kier molecular flexibility index (Phi) is 5.45. The van der Waals surface area contributed by atoms with E-state index in [1.165, 1.54) is 10.1 Å². The third-order valence-corrected chi connectivity index (χ3v) is 5.09. The highest BCUT2D eigenvalue weighted by Gasteiger charge is 2.26. The van der Waals surface area contributed by atoms with Crippen molar-refractivity contribution < 1.29 is 0 Å². The fourth-order valence-electron chi connectivity index (χ4n) is 3.60. The summed E-state index contributed by atoms with van der Waals surface area (Å²) in [4.78, 5) is 30.2. The quantitative estimate of drug-likeness (QED) is 0.851. The molecule has 0 radical (unpaired) electrons. The second-order valence-electron chi connectivity index (χ2n) is 7.00. The van der Waals surface area contributed by atoms with Gasteiger partial charge in [-0.2, -0.15) is 0 Å². The number of nitrogens with zero attached hydrogens (tertiary/aromatic N) is 2. The molecule has 1 unspecified atom stereocenters. The van der Waals surface area contributed by atoms with E-state index in [1.807, 2.05) is 32.0 Å². The normalized spacial score (nSPS) is 18.6. The van der Waals surface area contributed by atoms with E-state index in [1.54, 1.807) is 0 Å². The van der Waals surface area contributed by atoms with E-state index < -0.39 is 5.69 Å². The number of aromatic nitrogens is 2. The molecule has 134 valence electrons. The molecule has 1 aromatic carbocycles. The number of aromatic amines is 1. The number of hydrogen-bond acceptors (Lipinski definition) is 3. The van der Waals surface area contributed by atoms with E-state index in [2.05, 4.69) is 22.0 Å². The van der Waals surface area contributed by atoms with Gasteiger partial charge in [-0.1, -0.05) is 55.8 Å². The number of nitrogens with one attached hydrogen (secondary N) is 1. The van der Waals surface area contributed by atoms with E-state index in [0.717, 1.165) is 25.9 Å². The molecule has 1 saturated heterocycles. The molecular weight excluding hydrogens is 338 g/mol. The van der Waals surface area contributed by atoms with Gasteiger partial charge in [-0.25, -0.2) is 4.79 Å². The molecule has 1 aliphatic rings. The molecule has 25 heavy (non-hydrogen) atoms. The van der Waals surface area contributed by atoms with Gasteiger partial charge in [-0.15, -0.1) is 0 Å². The van der Waals surface area contributed by atoms with Crippen LogP contribution >= 0.6 is 11.6 Å². The van der Waals surface area contributed by atoms with Crippen LogP contribution in [0.1, 0.15) is 49.8 Å². The van der Waals surface area contributed by atoms with E-state index in [0.29, 0.717) is 12.1 Å². The first kappa shape index (κ1) is 18.0. The lowest BCUT2D eigenvalue weighted by Crippen LogP contribution is -2.46. The Labute approximate surface area is 152 Å². The lowest BCUT2D eigenvalue weighted by molar-refractivity contribution is 0.165. The zero-order valence-corrected chi connectivity index (χ0v) is 15.4. The van der Waals surface area contributed by atoms with Crippen molar-refractivity contribution in [1.82, 2.24) is 14.5 Å². The Morgan fingerprint density at radius 1 is 1.24 bits per heavy atom. The predicted octanol–water partition coefficient (Wildman–Crippen LogP) is 3.15. The highest BCUT2D eigenvalue weighted by atomic mass is 35.5. The number of halogens is 1. The van der Waals surface area contributed by atoms with Crippen LogP contribution in [0.2, 0.25) is 5.15 Å². The zero-order chi connectivity index (χ0) is 18.0. The van der Waals surface area contributed by atoms with Crippen LogP contribution in [0.3, 0.4) is 0 Å². The Hall–Kier alpha value is -1.85. The largest absolute Gasteiger partial charge is 0.329 e. The maximum absolute atomic E-state index is 12.9. The third kappa shape index (κ3) is 3.88. The molecule has 1 atom stereocenters. The average molecular weight is 362 g/mol. The Morgan fingerprint density at radius 3 is 2.64 bits per heavy atom. The van der Waals surface area contributed by atoms with Gasteiger partial charge in [0.25, 0.3) is 5.56 Å². The highest BCUT2D eigenvalue weighted by molar-refractivity contribution is 6.30. The minimum Gasteiger partial charge on any atom is -0.297 e. The molecule has 0 spiro atoms. The van der Waals surface area contributed by atoms with Crippen LogP contribution in [0.5, 0.6) is 0 Å². The molecule has 1 fully saturated rings. The number of H-pyrrole nitrogens is 1. The zero-order valence-electron chi connectivity index (χ0n) is 14.7. The van der Waals surface area contributed by atoms with Crippen molar-refractivity contribution in [2.75, 3.05) is 13.1 Å². The number of rotatable bonds is 4. The summed E-state index contributed by atoms with van der Waals surface area (Å²) >= 11 is 6.10. The van der Waals surface area contributed by atoms with Crippen molar-refractivity contribution in [2.24, 2.45) is 0 Å². The van der Waals surface area contributed by atoms with Crippen molar-refractivity contribution >= 4 is 11.6 Å². The first-order valence-electron chi connectivity index (χ1n) is 8.78. The van der Waals surface area contributed by atoms with E-state index in [4.69, 9.17) is 11.6 Å². The van der Waals surface area contributed by atoms with Crippen LogP contribution in [0.25, 0.3) is 0 Å². The molecule has 2 heterocycles.